The molecule has 0 radical (unpaired) electrons. The summed E-state index contributed by atoms with van der Waals surface area (Å²) in [6.07, 6.45) is -1.24. The zero-order valence-corrected chi connectivity index (χ0v) is 11.2. The normalized spacial score (nSPS) is 31.3. The predicted molar refractivity (Wildman–Crippen MR) is 69.2 cm³/mol. The van der Waals surface area contributed by atoms with Gasteiger partial charge in [0.05, 0.1) is 5.56 Å². The maximum atomic E-state index is 13.2. The van der Waals surface area contributed by atoms with Gasteiger partial charge >= 0.3 is 6.18 Å². The van der Waals surface area contributed by atoms with Crippen LogP contribution in [0.1, 0.15) is 36.8 Å². The van der Waals surface area contributed by atoms with Crippen LogP contribution in [0.15, 0.2) is 24.3 Å². The second-order valence-electron chi connectivity index (χ2n) is 5.77. The molecule has 2 fully saturated rings. The van der Waals surface area contributed by atoms with Crippen LogP contribution in [-0.2, 0) is 11.8 Å². The molecule has 1 aromatic rings. The molecule has 2 nitrogen and oxygen atoms in total. The average molecular weight is 285 g/mol. The lowest BCUT2D eigenvalue weighted by Gasteiger charge is -2.38. The number of hydrogen-bond donors (Lipinski definition) is 1. The second kappa shape index (κ2) is 4.74. The third kappa shape index (κ3) is 2.13. The third-order valence-electron chi connectivity index (χ3n) is 4.64. The van der Waals surface area contributed by atoms with Crippen molar-refractivity contribution in [3.8, 4) is 0 Å². The largest absolute Gasteiger partial charge is 0.416 e. The van der Waals surface area contributed by atoms with Crippen molar-refractivity contribution in [1.82, 2.24) is 4.90 Å². The monoisotopic (exact) mass is 285 g/mol. The first-order valence-electron chi connectivity index (χ1n) is 7.06. The van der Waals surface area contributed by atoms with Crippen molar-refractivity contribution >= 4 is 0 Å². The Bertz CT molecular complexity index is 502. The number of aliphatic hydroxyl groups is 1. The molecule has 2 heterocycles. The number of alkyl halides is 3. The number of hydrogen-bond acceptors (Lipinski definition) is 2. The zero-order valence-electron chi connectivity index (χ0n) is 11.2. The van der Waals surface area contributed by atoms with Crippen molar-refractivity contribution in [1.29, 1.82) is 0 Å². The van der Waals surface area contributed by atoms with Gasteiger partial charge in [0.25, 0.3) is 0 Å². The summed E-state index contributed by atoms with van der Waals surface area (Å²) < 4.78 is 39.5. The molecule has 110 valence electrons. The smallest absolute Gasteiger partial charge is 0.383 e. The van der Waals surface area contributed by atoms with Crippen LogP contribution in [0, 0.1) is 0 Å². The van der Waals surface area contributed by atoms with E-state index in [1.165, 1.54) is 12.1 Å². The molecule has 2 aliphatic rings. The van der Waals surface area contributed by atoms with E-state index in [9.17, 15) is 18.3 Å². The molecule has 20 heavy (non-hydrogen) atoms. The van der Waals surface area contributed by atoms with Gasteiger partial charge in [0, 0.05) is 12.6 Å². The first-order valence-corrected chi connectivity index (χ1v) is 7.06. The summed E-state index contributed by atoms with van der Waals surface area (Å²) in [5.74, 6) is 0. The first-order chi connectivity index (χ1) is 9.43. The maximum Gasteiger partial charge on any atom is 0.416 e. The van der Waals surface area contributed by atoms with E-state index in [1.807, 2.05) is 0 Å². The Kier molecular flexibility index (Phi) is 3.29. The number of halogens is 3. The van der Waals surface area contributed by atoms with Crippen LogP contribution in [0.5, 0.6) is 0 Å². The lowest BCUT2D eigenvalue weighted by molar-refractivity contribution is -0.141. The van der Waals surface area contributed by atoms with Gasteiger partial charge in [-0.1, -0.05) is 24.6 Å². The van der Waals surface area contributed by atoms with Crippen molar-refractivity contribution < 1.29 is 18.3 Å². The maximum absolute atomic E-state index is 13.2. The van der Waals surface area contributed by atoms with Crippen LogP contribution in [0.3, 0.4) is 0 Å². The highest BCUT2D eigenvalue weighted by Gasteiger charge is 2.51. The van der Waals surface area contributed by atoms with E-state index in [0.29, 0.717) is 13.0 Å². The van der Waals surface area contributed by atoms with Crippen LogP contribution in [-0.4, -0.2) is 29.1 Å². The molecule has 0 aromatic heterocycles. The number of rotatable bonds is 1. The Morgan fingerprint density at radius 1 is 1.15 bits per heavy atom. The minimum absolute atomic E-state index is 0.0434. The highest BCUT2D eigenvalue weighted by Crippen LogP contribution is 2.46. The standard InChI is InChI=1S/C15H18F3NO/c16-15(17,18)12-6-2-1-5-11(12)14(20)8-10-19-9-4-3-7-13(14)19/h1-2,5-6,13,20H,3-4,7-10H2. The molecule has 0 aliphatic carbocycles. The molecular weight excluding hydrogens is 267 g/mol. The van der Waals surface area contributed by atoms with Gasteiger partial charge in [-0.25, -0.2) is 0 Å². The van der Waals surface area contributed by atoms with Gasteiger partial charge in [-0.2, -0.15) is 13.2 Å². The number of benzene rings is 1. The van der Waals surface area contributed by atoms with Crippen molar-refractivity contribution in [2.24, 2.45) is 0 Å². The van der Waals surface area contributed by atoms with E-state index < -0.39 is 17.3 Å². The van der Waals surface area contributed by atoms with Crippen molar-refractivity contribution in [2.75, 3.05) is 13.1 Å². The Labute approximate surface area is 116 Å². The molecule has 1 aromatic carbocycles. The molecular formula is C15H18F3NO. The van der Waals surface area contributed by atoms with Gasteiger partial charge in [0.15, 0.2) is 0 Å². The van der Waals surface area contributed by atoms with Gasteiger partial charge < -0.3 is 5.11 Å². The fraction of sp³-hybridized carbons (Fsp3) is 0.600. The second-order valence-corrected chi connectivity index (χ2v) is 5.77. The molecule has 0 spiro atoms. The fourth-order valence-corrected chi connectivity index (χ4v) is 3.70. The number of piperidine rings is 1. The Hall–Kier alpha value is -1.07. The molecule has 3 rings (SSSR count). The van der Waals surface area contributed by atoms with Crippen LogP contribution in [0.2, 0.25) is 0 Å². The van der Waals surface area contributed by atoms with Gasteiger partial charge in [0.2, 0.25) is 0 Å². The molecule has 2 unspecified atom stereocenters. The summed E-state index contributed by atoms with van der Waals surface area (Å²) >= 11 is 0. The van der Waals surface area contributed by atoms with Crippen LogP contribution in [0.25, 0.3) is 0 Å². The molecule has 5 heteroatoms. The summed E-state index contributed by atoms with van der Waals surface area (Å²) in [7, 11) is 0. The van der Waals surface area contributed by atoms with E-state index in [-0.39, 0.29) is 11.6 Å². The van der Waals surface area contributed by atoms with Crippen molar-refractivity contribution in [3.63, 3.8) is 0 Å². The molecule has 2 saturated heterocycles. The van der Waals surface area contributed by atoms with E-state index >= 15 is 0 Å². The fourth-order valence-electron chi connectivity index (χ4n) is 3.70. The molecule has 2 atom stereocenters. The molecule has 2 aliphatic heterocycles. The quantitative estimate of drug-likeness (QED) is 0.857. The molecule has 0 saturated carbocycles. The van der Waals surface area contributed by atoms with Gasteiger partial charge in [-0.15, -0.1) is 0 Å². The Morgan fingerprint density at radius 3 is 2.65 bits per heavy atom. The third-order valence-corrected chi connectivity index (χ3v) is 4.64. The van der Waals surface area contributed by atoms with Crippen molar-refractivity contribution in [3.05, 3.63) is 35.4 Å². The summed E-state index contributed by atoms with van der Waals surface area (Å²) in [6, 6.07) is 5.27. The highest BCUT2D eigenvalue weighted by atomic mass is 19.4. The Morgan fingerprint density at radius 2 is 1.90 bits per heavy atom. The van der Waals surface area contributed by atoms with Crippen LogP contribution < -0.4 is 0 Å². The predicted octanol–water partition coefficient (Wildman–Crippen LogP) is 3.15. The summed E-state index contributed by atoms with van der Waals surface area (Å²) in [4.78, 5) is 2.14. The summed E-state index contributed by atoms with van der Waals surface area (Å²) in [5, 5.41) is 11.0. The van der Waals surface area contributed by atoms with E-state index in [2.05, 4.69) is 4.90 Å². The Balaban J connectivity index is 2.04. The average Bonchev–Trinajstić information content (AvgIpc) is 2.77. The minimum Gasteiger partial charge on any atom is -0.383 e. The first kappa shape index (κ1) is 13.9. The van der Waals surface area contributed by atoms with Gasteiger partial charge in [-0.05, 0) is 37.4 Å². The molecule has 0 bridgehead atoms. The zero-order chi connectivity index (χ0) is 14.4. The summed E-state index contributed by atoms with van der Waals surface area (Å²) in [6.45, 7) is 1.55. The van der Waals surface area contributed by atoms with Gasteiger partial charge in [0.1, 0.15) is 5.60 Å². The lowest BCUT2D eigenvalue weighted by atomic mass is 9.80. The SMILES string of the molecule is OC1(c2ccccc2C(F)(F)F)CCN2CCCCC21. The van der Waals surface area contributed by atoms with E-state index in [1.54, 1.807) is 6.07 Å². The van der Waals surface area contributed by atoms with Gasteiger partial charge in [-0.3, -0.25) is 4.90 Å². The molecule has 0 amide bonds. The highest BCUT2D eigenvalue weighted by molar-refractivity contribution is 5.37. The van der Waals surface area contributed by atoms with E-state index in [0.717, 1.165) is 31.9 Å². The topological polar surface area (TPSA) is 23.5 Å². The summed E-state index contributed by atoms with van der Waals surface area (Å²) in [5.41, 5.74) is -2.02. The molecule has 1 N–H and O–H groups in total. The van der Waals surface area contributed by atoms with Crippen LogP contribution in [0.4, 0.5) is 13.2 Å². The van der Waals surface area contributed by atoms with Crippen LogP contribution >= 0.6 is 0 Å². The number of nitrogens with zero attached hydrogens (tertiary/aromatic N) is 1. The van der Waals surface area contributed by atoms with E-state index in [4.69, 9.17) is 0 Å². The minimum atomic E-state index is -4.42. The van der Waals surface area contributed by atoms with Crippen molar-refractivity contribution in [2.45, 2.75) is 43.5 Å². The number of fused-ring (bicyclic) bond motifs is 1. The lowest BCUT2D eigenvalue weighted by Crippen LogP contribution is -2.45.